The second kappa shape index (κ2) is 8.71. The molecule has 1 saturated heterocycles. The number of hydrogen-bond donors (Lipinski definition) is 3. The normalized spacial score (nSPS) is 16.6. The van der Waals surface area contributed by atoms with Gasteiger partial charge in [-0.2, -0.15) is 0 Å². The van der Waals surface area contributed by atoms with E-state index in [1.807, 2.05) is 18.2 Å². The summed E-state index contributed by atoms with van der Waals surface area (Å²) in [5, 5.41) is 16.1. The van der Waals surface area contributed by atoms with Crippen LogP contribution in [0.5, 0.6) is 11.5 Å². The van der Waals surface area contributed by atoms with Crippen molar-refractivity contribution in [2.24, 2.45) is 0 Å². The Morgan fingerprint density at radius 3 is 2.76 bits per heavy atom. The minimum atomic E-state index is -0.0308. The number of nitrogens with one attached hydrogen (secondary N) is 2. The zero-order chi connectivity index (χ0) is 20.2. The van der Waals surface area contributed by atoms with Crippen molar-refractivity contribution >= 4 is 17.3 Å². The van der Waals surface area contributed by atoms with E-state index in [1.54, 1.807) is 12.1 Å². The van der Waals surface area contributed by atoms with Crippen LogP contribution in [-0.2, 0) is 11.4 Å². The van der Waals surface area contributed by atoms with Crippen LogP contribution in [0.25, 0.3) is 0 Å². The van der Waals surface area contributed by atoms with Gasteiger partial charge in [0.05, 0.1) is 13.2 Å². The first-order valence-electron chi connectivity index (χ1n) is 10.00. The smallest absolute Gasteiger partial charge is 0.238 e. The number of aliphatic hydroxyl groups excluding tert-OH is 1. The van der Waals surface area contributed by atoms with Crippen LogP contribution in [0.15, 0.2) is 36.4 Å². The van der Waals surface area contributed by atoms with E-state index in [0.29, 0.717) is 29.8 Å². The topological polar surface area (TPSA) is 83.1 Å². The summed E-state index contributed by atoms with van der Waals surface area (Å²) < 4.78 is 10.6. The number of rotatable bonds is 6. The first-order valence-corrected chi connectivity index (χ1v) is 10.00. The Labute approximate surface area is 170 Å². The molecule has 7 heteroatoms. The summed E-state index contributed by atoms with van der Waals surface area (Å²) in [7, 11) is 0. The van der Waals surface area contributed by atoms with Gasteiger partial charge in [0, 0.05) is 42.1 Å². The van der Waals surface area contributed by atoms with Crippen molar-refractivity contribution < 1.29 is 19.4 Å². The van der Waals surface area contributed by atoms with Gasteiger partial charge in [0.2, 0.25) is 12.7 Å². The summed E-state index contributed by atoms with van der Waals surface area (Å²) >= 11 is 0. The van der Waals surface area contributed by atoms with E-state index < -0.39 is 0 Å². The summed E-state index contributed by atoms with van der Waals surface area (Å²) in [5.41, 5.74) is 3.82. The highest BCUT2D eigenvalue weighted by molar-refractivity contribution is 5.92. The summed E-state index contributed by atoms with van der Waals surface area (Å²) in [4.78, 5) is 14.6. The van der Waals surface area contributed by atoms with Crippen LogP contribution >= 0.6 is 0 Å². The fourth-order valence-electron chi connectivity index (χ4n) is 3.88. The lowest BCUT2D eigenvalue weighted by molar-refractivity contribution is -0.117. The summed E-state index contributed by atoms with van der Waals surface area (Å²) in [6.07, 6.45) is 1.91. The molecule has 4 rings (SSSR count). The Hall–Kier alpha value is -2.77. The fourth-order valence-corrected chi connectivity index (χ4v) is 3.88. The minimum absolute atomic E-state index is 0.0306. The highest BCUT2D eigenvalue weighted by Gasteiger charge is 2.22. The van der Waals surface area contributed by atoms with Crippen molar-refractivity contribution in [1.29, 1.82) is 0 Å². The number of anilines is 2. The van der Waals surface area contributed by atoms with Gasteiger partial charge in [0.15, 0.2) is 11.5 Å². The van der Waals surface area contributed by atoms with Crippen LogP contribution in [0, 0.1) is 6.92 Å². The average Bonchev–Trinajstić information content (AvgIpc) is 3.18. The number of aliphatic hydroxyl groups is 1. The number of piperidine rings is 1. The third-order valence-electron chi connectivity index (χ3n) is 5.49. The molecule has 1 amide bonds. The van der Waals surface area contributed by atoms with Gasteiger partial charge in [-0.15, -0.1) is 0 Å². The van der Waals surface area contributed by atoms with E-state index >= 15 is 0 Å². The zero-order valence-electron chi connectivity index (χ0n) is 16.6. The lowest BCUT2D eigenvalue weighted by Crippen LogP contribution is -2.42. The molecule has 2 aliphatic heterocycles. The number of hydrogen-bond acceptors (Lipinski definition) is 6. The second-order valence-electron chi connectivity index (χ2n) is 7.58. The molecular weight excluding hydrogens is 370 g/mol. The number of amides is 1. The Kier molecular flexibility index (Phi) is 5.87. The number of ether oxygens (including phenoxy) is 2. The maximum Gasteiger partial charge on any atom is 0.238 e. The minimum Gasteiger partial charge on any atom is -0.454 e. The second-order valence-corrected chi connectivity index (χ2v) is 7.58. The van der Waals surface area contributed by atoms with Gasteiger partial charge >= 0.3 is 0 Å². The lowest BCUT2D eigenvalue weighted by Gasteiger charge is -2.33. The number of carbonyl (C=O) groups is 1. The summed E-state index contributed by atoms with van der Waals surface area (Å²) in [6, 6.07) is 11.7. The molecule has 0 aromatic heterocycles. The molecule has 0 spiro atoms. The molecule has 0 saturated carbocycles. The number of benzene rings is 2. The zero-order valence-corrected chi connectivity index (χ0v) is 16.6. The van der Waals surface area contributed by atoms with Crippen LogP contribution in [-0.4, -0.2) is 48.4 Å². The molecule has 2 aromatic carbocycles. The molecule has 154 valence electrons. The van der Waals surface area contributed by atoms with E-state index in [9.17, 15) is 9.90 Å². The molecule has 2 aliphatic rings. The van der Waals surface area contributed by atoms with Crippen molar-refractivity contribution in [1.82, 2.24) is 4.90 Å². The quantitative estimate of drug-likeness (QED) is 0.695. The van der Waals surface area contributed by atoms with Crippen molar-refractivity contribution in [3.8, 4) is 11.5 Å². The van der Waals surface area contributed by atoms with E-state index in [4.69, 9.17) is 9.47 Å². The highest BCUT2D eigenvalue weighted by atomic mass is 16.7. The van der Waals surface area contributed by atoms with Gasteiger partial charge in [-0.25, -0.2) is 0 Å². The third-order valence-corrected chi connectivity index (χ3v) is 5.49. The standard InChI is InChI=1S/C22H27N3O4/c1-15-3-2-4-16(13-26)22(15)24-17-7-9-25(10-8-17)12-21(27)23-18-5-6-19-20(11-18)29-14-28-19/h2-6,11,17,24,26H,7-10,12-14H2,1H3,(H,23,27). The number of aryl methyl sites for hydroxylation is 1. The Balaban J connectivity index is 1.26. The van der Waals surface area contributed by atoms with Crippen LogP contribution < -0.4 is 20.1 Å². The van der Waals surface area contributed by atoms with Crippen LogP contribution in [0.2, 0.25) is 0 Å². The Morgan fingerprint density at radius 1 is 1.17 bits per heavy atom. The van der Waals surface area contributed by atoms with Gasteiger partial charge < -0.3 is 25.2 Å². The molecule has 1 fully saturated rings. The average molecular weight is 397 g/mol. The van der Waals surface area contributed by atoms with Crippen LogP contribution in [0.4, 0.5) is 11.4 Å². The molecular formula is C22H27N3O4. The lowest BCUT2D eigenvalue weighted by atomic mass is 10.0. The molecule has 3 N–H and O–H groups in total. The van der Waals surface area contributed by atoms with Gasteiger partial charge in [0.1, 0.15) is 0 Å². The maximum atomic E-state index is 12.4. The predicted molar refractivity (Wildman–Crippen MR) is 111 cm³/mol. The molecule has 0 unspecified atom stereocenters. The van der Waals surface area contributed by atoms with E-state index in [0.717, 1.165) is 42.7 Å². The summed E-state index contributed by atoms with van der Waals surface area (Å²) in [5.74, 6) is 1.33. The number of carbonyl (C=O) groups excluding carboxylic acids is 1. The van der Waals surface area contributed by atoms with Crippen LogP contribution in [0.3, 0.4) is 0 Å². The van der Waals surface area contributed by atoms with E-state index in [2.05, 4.69) is 28.5 Å². The van der Waals surface area contributed by atoms with Gasteiger partial charge in [-0.3, -0.25) is 9.69 Å². The molecule has 29 heavy (non-hydrogen) atoms. The Bertz CT molecular complexity index is 878. The van der Waals surface area contributed by atoms with Crippen molar-refractivity contribution in [2.75, 3.05) is 37.1 Å². The van der Waals surface area contributed by atoms with Crippen molar-refractivity contribution in [3.05, 3.63) is 47.5 Å². The van der Waals surface area contributed by atoms with Gasteiger partial charge in [0.25, 0.3) is 0 Å². The fraction of sp³-hybridized carbons (Fsp3) is 0.409. The number of para-hydroxylation sites is 1. The van der Waals surface area contributed by atoms with Gasteiger partial charge in [-0.1, -0.05) is 18.2 Å². The first kappa shape index (κ1) is 19.5. The molecule has 0 bridgehead atoms. The Morgan fingerprint density at radius 2 is 1.97 bits per heavy atom. The van der Waals surface area contributed by atoms with Gasteiger partial charge in [-0.05, 0) is 37.5 Å². The van der Waals surface area contributed by atoms with Crippen molar-refractivity contribution in [2.45, 2.75) is 32.4 Å². The van der Waals surface area contributed by atoms with Crippen molar-refractivity contribution in [3.63, 3.8) is 0 Å². The number of nitrogens with zero attached hydrogens (tertiary/aromatic N) is 1. The monoisotopic (exact) mass is 397 g/mol. The summed E-state index contributed by atoms with van der Waals surface area (Å²) in [6.45, 7) is 4.38. The third kappa shape index (κ3) is 4.63. The molecule has 0 radical (unpaired) electrons. The molecule has 0 aliphatic carbocycles. The SMILES string of the molecule is Cc1cccc(CO)c1NC1CCN(CC(=O)Nc2ccc3c(c2)OCO3)CC1. The molecule has 2 heterocycles. The maximum absolute atomic E-state index is 12.4. The van der Waals surface area contributed by atoms with E-state index in [-0.39, 0.29) is 19.3 Å². The highest BCUT2D eigenvalue weighted by Crippen LogP contribution is 2.34. The largest absolute Gasteiger partial charge is 0.454 e. The predicted octanol–water partition coefficient (Wildman–Crippen LogP) is 2.73. The first-order chi connectivity index (χ1) is 14.1. The number of likely N-dealkylation sites (tertiary alicyclic amines) is 1. The molecule has 2 aromatic rings. The molecule has 7 nitrogen and oxygen atoms in total. The van der Waals surface area contributed by atoms with Crippen LogP contribution in [0.1, 0.15) is 24.0 Å². The molecule has 0 atom stereocenters. The number of fused-ring (bicyclic) bond motifs is 1. The van der Waals surface area contributed by atoms with E-state index in [1.165, 1.54) is 0 Å².